The van der Waals surface area contributed by atoms with E-state index in [2.05, 4.69) is 50.0 Å². The number of rotatable bonds is 7. The van der Waals surface area contributed by atoms with Gasteiger partial charge in [-0.25, -0.2) is 4.79 Å². The topological polar surface area (TPSA) is 103 Å². The number of hydrogen-bond acceptors (Lipinski definition) is 7. The van der Waals surface area contributed by atoms with Gasteiger partial charge in [0, 0.05) is 61.2 Å². The van der Waals surface area contributed by atoms with E-state index in [9.17, 15) is 4.79 Å². The Hall–Kier alpha value is -2.81. The zero-order valence-electron chi connectivity index (χ0n) is 32.2. The lowest BCUT2D eigenvalue weighted by Crippen LogP contribution is -3.19. The van der Waals surface area contributed by atoms with Gasteiger partial charge in [-0.05, 0) is 80.9 Å². The molecule has 13 rings (SSSR count). The number of piperidine rings is 2. The molecule has 2 spiro atoms. The van der Waals surface area contributed by atoms with Crippen LogP contribution in [0.5, 0.6) is 0 Å². The van der Waals surface area contributed by atoms with E-state index >= 15 is 9.59 Å². The van der Waals surface area contributed by atoms with E-state index in [0.717, 1.165) is 61.9 Å². The summed E-state index contributed by atoms with van der Waals surface area (Å²) < 4.78 is 13.7. The number of nitrogens with zero attached hydrogens (tertiary/aromatic N) is 1. The van der Waals surface area contributed by atoms with Crippen LogP contribution in [0.25, 0.3) is 0 Å². The van der Waals surface area contributed by atoms with Crippen LogP contribution < -0.4 is 10.6 Å². The summed E-state index contributed by atoms with van der Waals surface area (Å²) in [4.78, 5) is 49.6. The van der Waals surface area contributed by atoms with Crippen LogP contribution in [0.3, 0.4) is 0 Å². The number of nitrogens with one attached hydrogen (secondary N) is 1. The Morgan fingerprint density at radius 3 is 2.58 bits per heavy atom. The van der Waals surface area contributed by atoms with Gasteiger partial charge in [0.1, 0.15) is 5.41 Å². The molecule has 5 saturated heterocycles. The number of carbonyl (C=O) groups excluding carboxylic acids is 3. The quantitative estimate of drug-likeness (QED) is 0.385. The van der Waals surface area contributed by atoms with Crippen LogP contribution >= 0.6 is 0 Å². The lowest BCUT2D eigenvalue weighted by atomic mass is 9.28. The molecule has 1 aromatic rings. The van der Waals surface area contributed by atoms with Crippen molar-refractivity contribution in [2.75, 3.05) is 32.7 Å². The standard InChI is InChI=1S/C45H59N3O5/c1-4-8-30-21-36(49)40-43-18-17-32-33(15-14-31-26(3)13-16-35(39(31)32)48-24-27-20-28(25-48)23-47(30)22-27)44(43,42(51)52-40)37(9-5-2)45(43)34-12-6-10-29(11-7-19-46)38(34)41(50)53-45/h6,10,12,14-15,26-28,30-31,35,37,39-40H,4-5,7-9,11,13,16-25,46H2,1-3H3/p+1. The first kappa shape index (κ1) is 34.7. The first-order chi connectivity index (χ1) is 25.7. The summed E-state index contributed by atoms with van der Waals surface area (Å²) in [5, 5.41) is 0. The minimum Gasteiger partial charge on any atom is -0.453 e. The highest BCUT2D eigenvalue weighted by Gasteiger charge is 2.94. The molecule has 7 fully saturated rings. The number of benzene rings is 1. The number of Topliss-reactive ketones (excluding diaryl/α,β-unsaturated/α-hetero) is 1. The summed E-state index contributed by atoms with van der Waals surface area (Å²) >= 11 is 0. The maximum absolute atomic E-state index is 15.3. The maximum Gasteiger partial charge on any atom is 0.339 e. The number of carbonyl (C=O) groups is 3. The molecule has 10 bridgehead atoms. The fourth-order valence-corrected chi connectivity index (χ4v) is 15.1. The van der Waals surface area contributed by atoms with Crippen LogP contribution in [0.2, 0.25) is 0 Å². The number of aryl methyl sites for hydroxylation is 1. The molecule has 8 aliphatic heterocycles. The second-order valence-corrected chi connectivity index (χ2v) is 18.9. The van der Waals surface area contributed by atoms with E-state index in [1.54, 1.807) is 4.90 Å². The molecule has 8 heterocycles. The highest BCUT2D eigenvalue weighted by Crippen LogP contribution is 2.85. The van der Waals surface area contributed by atoms with Crippen molar-refractivity contribution in [2.24, 2.45) is 52.1 Å². The van der Waals surface area contributed by atoms with Gasteiger partial charge in [-0.3, -0.25) is 14.5 Å². The molecule has 0 aromatic heterocycles. The highest BCUT2D eigenvalue weighted by atomic mass is 16.6. The van der Waals surface area contributed by atoms with E-state index < -0.39 is 22.5 Å². The van der Waals surface area contributed by atoms with Crippen molar-refractivity contribution in [1.29, 1.82) is 0 Å². The number of ether oxygens (including phenoxy) is 2. The van der Waals surface area contributed by atoms with Crippen molar-refractivity contribution in [3.8, 4) is 0 Å². The van der Waals surface area contributed by atoms with Gasteiger partial charge < -0.3 is 20.1 Å². The zero-order chi connectivity index (χ0) is 36.4. The normalized spacial score (nSPS) is 45.8. The zero-order valence-corrected chi connectivity index (χ0v) is 32.2. The number of fused-ring (bicyclic) bond motifs is 2. The SMILES string of the molecule is CCCC1CC(=O)C2OC(=O)C34C5=C(CCC23C2(OC(=O)c3c(CCCN)cccc32)C4CCC)C2C(C=C5)C(C)CCC2[NH+]2CC3CC(CN1C3)C2. The predicted octanol–water partition coefficient (Wildman–Crippen LogP) is 4.94. The van der Waals surface area contributed by atoms with Crippen LogP contribution in [-0.4, -0.2) is 73.5 Å². The summed E-state index contributed by atoms with van der Waals surface area (Å²) in [6, 6.07) is 6.82. The molecule has 284 valence electrons. The molecule has 8 nitrogen and oxygen atoms in total. The number of ketones is 1. The fourth-order valence-electron chi connectivity index (χ4n) is 15.1. The number of hydrogen-bond donors (Lipinski definition) is 2. The number of quaternary nitrogens is 1. The van der Waals surface area contributed by atoms with Gasteiger partial charge in [0.2, 0.25) is 0 Å². The average molecular weight is 723 g/mol. The Morgan fingerprint density at radius 2 is 1.83 bits per heavy atom. The Bertz CT molecular complexity index is 1790. The van der Waals surface area contributed by atoms with E-state index in [-0.39, 0.29) is 29.7 Å². The van der Waals surface area contributed by atoms with Crippen molar-refractivity contribution in [2.45, 2.75) is 122 Å². The molecular formula is C45H60N3O5+. The second kappa shape index (κ2) is 12.3. The third-order valence-electron chi connectivity index (χ3n) is 16.6. The number of nitrogens with two attached hydrogens (primary N) is 1. The first-order valence-corrected chi connectivity index (χ1v) is 21.5. The molecule has 0 radical (unpaired) electrons. The third kappa shape index (κ3) is 4.27. The fraction of sp³-hybridized carbons (Fsp3) is 0.711. The average Bonchev–Trinajstić information content (AvgIpc) is 3.61. The van der Waals surface area contributed by atoms with Gasteiger partial charge in [0.15, 0.2) is 17.5 Å². The van der Waals surface area contributed by atoms with Crippen molar-refractivity contribution in [3.05, 3.63) is 58.2 Å². The van der Waals surface area contributed by atoms with Crippen molar-refractivity contribution >= 4 is 17.7 Å². The molecular weight excluding hydrogens is 663 g/mol. The van der Waals surface area contributed by atoms with Gasteiger partial charge in [0.05, 0.1) is 30.1 Å². The van der Waals surface area contributed by atoms with Crippen molar-refractivity contribution in [1.82, 2.24) is 4.90 Å². The highest BCUT2D eigenvalue weighted by molar-refractivity contribution is 6.02. The van der Waals surface area contributed by atoms with Crippen molar-refractivity contribution < 1.29 is 28.8 Å². The van der Waals surface area contributed by atoms with E-state index in [0.29, 0.717) is 73.4 Å². The number of allylic oxidation sites excluding steroid dienone is 2. The third-order valence-corrected chi connectivity index (χ3v) is 16.6. The Labute approximate surface area is 315 Å². The van der Waals surface area contributed by atoms with E-state index in [1.165, 1.54) is 37.9 Å². The molecule has 3 N–H and O–H groups in total. The lowest BCUT2D eigenvalue weighted by Gasteiger charge is -2.72. The molecule has 8 heteroatoms. The predicted molar refractivity (Wildman–Crippen MR) is 201 cm³/mol. The van der Waals surface area contributed by atoms with Crippen LogP contribution in [0.4, 0.5) is 0 Å². The lowest BCUT2D eigenvalue weighted by molar-refractivity contribution is -0.943. The van der Waals surface area contributed by atoms with Crippen LogP contribution in [0.1, 0.15) is 113 Å². The van der Waals surface area contributed by atoms with Gasteiger partial charge in [-0.15, -0.1) is 0 Å². The molecule has 12 unspecified atom stereocenters. The number of esters is 2. The minimum absolute atomic E-state index is 0.0283. The van der Waals surface area contributed by atoms with Gasteiger partial charge in [-0.1, -0.05) is 69.5 Å². The largest absolute Gasteiger partial charge is 0.453 e. The minimum atomic E-state index is -1.11. The van der Waals surface area contributed by atoms with Gasteiger partial charge in [-0.2, -0.15) is 0 Å². The molecule has 2 saturated carbocycles. The van der Waals surface area contributed by atoms with Gasteiger partial charge in [0.25, 0.3) is 0 Å². The van der Waals surface area contributed by atoms with Crippen LogP contribution in [0, 0.1) is 46.3 Å². The molecule has 12 atom stereocenters. The molecule has 1 aromatic carbocycles. The first-order valence-electron chi connectivity index (χ1n) is 21.5. The van der Waals surface area contributed by atoms with E-state index in [1.807, 2.05) is 6.07 Å². The summed E-state index contributed by atoms with van der Waals surface area (Å²) in [6.45, 7) is 11.9. The molecule has 0 amide bonds. The maximum atomic E-state index is 15.3. The molecule has 4 aliphatic carbocycles. The smallest absolute Gasteiger partial charge is 0.339 e. The van der Waals surface area contributed by atoms with Crippen molar-refractivity contribution in [3.63, 3.8) is 0 Å². The molecule has 12 aliphatic rings. The molecule has 53 heavy (non-hydrogen) atoms. The van der Waals surface area contributed by atoms with Crippen LogP contribution in [-0.2, 0) is 31.1 Å². The van der Waals surface area contributed by atoms with Gasteiger partial charge >= 0.3 is 11.9 Å². The monoisotopic (exact) mass is 722 g/mol. The summed E-state index contributed by atoms with van der Waals surface area (Å²) in [7, 11) is 0. The second-order valence-electron chi connectivity index (χ2n) is 18.9. The summed E-state index contributed by atoms with van der Waals surface area (Å²) in [6.07, 6.45) is 14.4. The Balaban J connectivity index is 1.22. The summed E-state index contributed by atoms with van der Waals surface area (Å²) in [5.74, 6) is 1.90. The van der Waals surface area contributed by atoms with E-state index in [4.69, 9.17) is 15.2 Å². The Kier molecular flexibility index (Phi) is 8.07. The Morgan fingerprint density at radius 1 is 1.04 bits per heavy atom. The van der Waals surface area contributed by atoms with Crippen LogP contribution in [0.15, 0.2) is 41.5 Å². The summed E-state index contributed by atoms with van der Waals surface area (Å²) in [5.41, 5.74) is 7.93.